The number of nitrogens with zero attached hydrogens (tertiary/aromatic N) is 2. The second-order valence-electron chi connectivity index (χ2n) is 16.1. The maximum atomic E-state index is 12.9. The number of amides is 1. The van der Waals surface area contributed by atoms with Gasteiger partial charge in [-0.3, -0.25) is 9.59 Å². The molecule has 1 amide bonds. The van der Waals surface area contributed by atoms with Crippen LogP contribution in [0.1, 0.15) is 86.0 Å². The summed E-state index contributed by atoms with van der Waals surface area (Å²) in [4.78, 5) is 48.2. The van der Waals surface area contributed by atoms with Gasteiger partial charge in [0.2, 0.25) is 0 Å². The van der Waals surface area contributed by atoms with Gasteiger partial charge in [-0.15, -0.1) is 0 Å². The summed E-state index contributed by atoms with van der Waals surface area (Å²) in [6, 6.07) is 22.3. The molecule has 59 heavy (non-hydrogen) atoms. The summed E-state index contributed by atoms with van der Waals surface area (Å²) in [6.07, 6.45) is 12.6. The predicted octanol–water partition coefficient (Wildman–Crippen LogP) is 9.14. The zero-order valence-corrected chi connectivity index (χ0v) is 34.6. The Morgan fingerprint density at radius 3 is 1.66 bits per heavy atom. The zero-order valence-electron chi connectivity index (χ0n) is 34.6. The van der Waals surface area contributed by atoms with Gasteiger partial charge in [0.1, 0.15) is 11.5 Å². The number of esters is 2. The third kappa shape index (κ3) is 8.79. The van der Waals surface area contributed by atoms with Crippen molar-refractivity contribution in [1.29, 1.82) is 0 Å². The second kappa shape index (κ2) is 18.4. The summed E-state index contributed by atoms with van der Waals surface area (Å²) in [7, 11) is 2.67. The van der Waals surface area contributed by atoms with Gasteiger partial charge in [-0.25, -0.2) is 9.59 Å². The number of ether oxygens (including phenoxy) is 4. The Morgan fingerprint density at radius 2 is 1.12 bits per heavy atom. The number of nitrogens with two attached hydrogens (primary N) is 1. The Labute approximate surface area is 344 Å². The van der Waals surface area contributed by atoms with Gasteiger partial charge in [0.05, 0.1) is 36.2 Å². The van der Waals surface area contributed by atoms with Gasteiger partial charge in [0.15, 0.2) is 13.2 Å². The normalized spacial score (nSPS) is 14.9. The molecular weight excluding hydrogens is 747 g/mol. The third-order valence-corrected chi connectivity index (χ3v) is 12.3. The molecule has 0 radical (unpaired) electrons. The van der Waals surface area contributed by atoms with E-state index in [1.54, 1.807) is 6.07 Å². The largest absolute Gasteiger partial charge is 0.481 e. The number of primary amides is 1. The van der Waals surface area contributed by atoms with Crippen LogP contribution in [0.2, 0.25) is 0 Å². The number of carbonyl (C=O) groups excluding carboxylic acids is 4. The Balaban J connectivity index is 0.000000181. The van der Waals surface area contributed by atoms with Crippen LogP contribution in [0.15, 0.2) is 66.7 Å². The minimum Gasteiger partial charge on any atom is -0.481 e. The molecule has 2 N–H and O–H groups in total. The summed E-state index contributed by atoms with van der Waals surface area (Å²) in [5.41, 5.74) is 9.64. The molecule has 11 nitrogen and oxygen atoms in total. The average Bonchev–Trinajstić information content (AvgIpc) is 3.74. The first-order valence-electron chi connectivity index (χ1n) is 20.9. The quantitative estimate of drug-likeness (QED) is 0.0734. The monoisotopic (exact) mass is 801 g/mol. The summed E-state index contributed by atoms with van der Waals surface area (Å²) in [5, 5.41) is 5.83. The predicted molar refractivity (Wildman–Crippen MR) is 230 cm³/mol. The molecule has 0 atom stereocenters. The molecule has 4 aromatic carbocycles. The number of Topliss-reactive ketones (excluding diaryl/α,β-unsaturated/α-hetero) is 1. The van der Waals surface area contributed by atoms with E-state index in [4.69, 9.17) is 24.7 Å². The first-order chi connectivity index (χ1) is 28.6. The fourth-order valence-electron chi connectivity index (χ4n) is 9.27. The van der Waals surface area contributed by atoms with Crippen molar-refractivity contribution in [3.05, 3.63) is 83.7 Å². The van der Waals surface area contributed by atoms with E-state index in [2.05, 4.69) is 40.3 Å². The van der Waals surface area contributed by atoms with Gasteiger partial charge in [0, 0.05) is 40.6 Å². The fraction of sp³-hybridized carbons (Fsp3) is 0.417. The lowest BCUT2D eigenvalue weighted by molar-refractivity contribution is -0.143. The van der Waals surface area contributed by atoms with E-state index in [-0.39, 0.29) is 24.7 Å². The van der Waals surface area contributed by atoms with E-state index in [0.717, 1.165) is 64.7 Å². The summed E-state index contributed by atoms with van der Waals surface area (Å²) in [6.45, 7) is 5.44. The van der Waals surface area contributed by atoms with Crippen LogP contribution in [0, 0.1) is 25.7 Å². The van der Waals surface area contributed by atoms with Crippen molar-refractivity contribution in [3.63, 3.8) is 0 Å². The molecule has 0 aliphatic heterocycles. The average molecular weight is 802 g/mol. The maximum Gasteiger partial charge on any atom is 0.343 e. The lowest BCUT2D eigenvalue weighted by Crippen LogP contribution is -2.24. The number of hydrogen-bond acceptors (Lipinski definition) is 8. The Morgan fingerprint density at radius 1 is 0.627 bits per heavy atom. The van der Waals surface area contributed by atoms with Gasteiger partial charge >= 0.3 is 11.9 Å². The molecule has 6 aromatic rings. The van der Waals surface area contributed by atoms with Crippen LogP contribution in [-0.2, 0) is 36.9 Å². The Hall–Kier alpha value is -5.84. The standard InChI is InChI=1S/C25H28N2O5.C23H27NO3/c1-15-21(24(29)25(26)30)22-19(32-14-20(28)31-2)12-17-10-6-7-11-18(17)23(22)27(15)13-16-8-4-3-5-9-16;1-16-12-20-21(27-15-22(25)26-2)13-18-10-6-7-11-19(18)23(20)24(16)14-17-8-4-3-5-9-17/h6-7,10-12,16H,3-5,8-9,13-14H2,1-2H3,(H2,26,30);6-7,10-13,17H,3-5,8-9,14-15H2,1-2H3. The highest BCUT2D eigenvalue weighted by atomic mass is 16.6. The first-order valence-corrected chi connectivity index (χ1v) is 20.9. The summed E-state index contributed by atoms with van der Waals surface area (Å²) >= 11 is 0. The maximum absolute atomic E-state index is 12.9. The highest BCUT2D eigenvalue weighted by molar-refractivity contribution is 6.45. The number of aryl methyl sites for hydroxylation is 1. The number of carbonyl (C=O) groups is 4. The fourth-order valence-corrected chi connectivity index (χ4v) is 9.27. The highest BCUT2D eigenvalue weighted by Gasteiger charge is 2.29. The molecule has 0 bridgehead atoms. The number of rotatable bonds is 12. The van der Waals surface area contributed by atoms with Crippen LogP contribution >= 0.6 is 0 Å². The molecule has 0 spiro atoms. The minimum atomic E-state index is -1.02. The highest BCUT2D eigenvalue weighted by Crippen LogP contribution is 2.41. The molecule has 2 aliphatic rings. The molecule has 0 saturated heterocycles. The first kappa shape index (κ1) is 41.3. The lowest BCUT2D eigenvalue weighted by Gasteiger charge is -2.23. The van der Waals surface area contributed by atoms with Crippen molar-refractivity contribution in [3.8, 4) is 11.5 Å². The van der Waals surface area contributed by atoms with Gasteiger partial charge in [-0.05, 0) is 80.3 Å². The van der Waals surface area contributed by atoms with E-state index < -0.39 is 17.7 Å². The third-order valence-electron chi connectivity index (χ3n) is 12.3. The number of methoxy groups -OCH3 is 2. The molecule has 2 aliphatic carbocycles. The van der Waals surface area contributed by atoms with Gasteiger partial charge in [0.25, 0.3) is 11.7 Å². The van der Waals surface area contributed by atoms with Gasteiger partial charge in [-0.1, -0.05) is 87.1 Å². The van der Waals surface area contributed by atoms with Crippen LogP contribution in [0.25, 0.3) is 43.4 Å². The second-order valence-corrected chi connectivity index (χ2v) is 16.1. The van der Waals surface area contributed by atoms with E-state index in [1.165, 1.54) is 82.2 Å². The number of ketones is 1. The molecule has 310 valence electrons. The number of hydrogen-bond donors (Lipinski definition) is 1. The topological polar surface area (TPSA) is 141 Å². The Kier molecular flexibility index (Phi) is 12.9. The van der Waals surface area contributed by atoms with E-state index in [1.807, 2.05) is 43.3 Å². The molecular formula is C48H55N3O8. The van der Waals surface area contributed by atoms with Crippen molar-refractivity contribution >= 4 is 67.0 Å². The SMILES string of the molecule is COC(=O)COc1cc2ccccc2c2c1c(C(=O)C(N)=O)c(C)n2CC1CCCCC1.COC(=O)COc1cc2ccccc2c2c1cc(C)n2CC1CCCCC1. The van der Waals surface area contributed by atoms with E-state index >= 15 is 0 Å². The number of aromatic nitrogens is 2. The molecule has 11 heteroatoms. The van der Waals surface area contributed by atoms with Crippen LogP contribution in [0.3, 0.4) is 0 Å². The van der Waals surface area contributed by atoms with Crippen LogP contribution in [-0.4, -0.2) is 60.2 Å². The van der Waals surface area contributed by atoms with Crippen molar-refractivity contribution in [2.45, 2.75) is 91.1 Å². The molecule has 2 saturated carbocycles. The van der Waals surface area contributed by atoms with E-state index in [0.29, 0.717) is 22.7 Å². The lowest BCUT2D eigenvalue weighted by atomic mass is 9.89. The molecule has 2 fully saturated rings. The van der Waals surface area contributed by atoms with Crippen LogP contribution in [0.5, 0.6) is 11.5 Å². The summed E-state index contributed by atoms with van der Waals surface area (Å²) < 4.78 is 25.7. The van der Waals surface area contributed by atoms with Crippen molar-refractivity contribution in [2.24, 2.45) is 17.6 Å². The molecule has 0 unspecified atom stereocenters. The molecule has 8 rings (SSSR count). The smallest absolute Gasteiger partial charge is 0.343 e. The zero-order chi connectivity index (χ0) is 41.6. The van der Waals surface area contributed by atoms with E-state index in [9.17, 15) is 19.2 Å². The van der Waals surface area contributed by atoms with Gasteiger partial charge < -0.3 is 33.8 Å². The van der Waals surface area contributed by atoms with Crippen molar-refractivity contribution < 1.29 is 38.1 Å². The number of fused-ring (bicyclic) bond motifs is 6. The summed E-state index contributed by atoms with van der Waals surface area (Å²) in [5.74, 6) is -0.328. The minimum absolute atomic E-state index is 0.0726. The van der Waals surface area contributed by atoms with Crippen molar-refractivity contribution in [1.82, 2.24) is 9.13 Å². The van der Waals surface area contributed by atoms with Crippen molar-refractivity contribution in [2.75, 3.05) is 27.4 Å². The molecule has 2 heterocycles. The number of benzene rings is 4. The Bertz CT molecular complexity index is 2520. The molecule has 2 aromatic heterocycles. The van der Waals surface area contributed by atoms with Crippen LogP contribution in [0.4, 0.5) is 0 Å². The van der Waals surface area contributed by atoms with Gasteiger partial charge in [-0.2, -0.15) is 0 Å². The van der Waals surface area contributed by atoms with Crippen LogP contribution < -0.4 is 15.2 Å².